The molecule has 1 atom stereocenters. The van der Waals surface area contributed by atoms with Crippen molar-refractivity contribution in [2.45, 2.75) is 19.5 Å². The van der Waals surface area contributed by atoms with Gasteiger partial charge in [0.2, 0.25) is 6.29 Å². The number of ether oxygens (including phenoxy) is 2. The molecule has 3 aromatic rings. The minimum Gasteiger partial charge on any atom is -0.460 e. The Bertz CT molecular complexity index is 992. The number of hydrogen-bond donors (Lipinski definition) is 0. The molecule has 0 N–H and O–H groups in total. The molecule has 1 aliphatic rings. The molecule has 6 heteroatoms. The molecule has 0 aliphatic carbocycles. The quantitative estimate of drug-likeness (QED) is 0.455. The smallest absolute Gasteiger partial charge is 0.227 e. The SMILES string of the molecule is Fc1cc(CO/N=C\c2ccccc2F)c2c(c1)CO[C@H](c1ccccc1)O2. The zero-order valence-electron chi connectivity index (χ0n) is 14.8. The van der Waals surface area contributed by atoms with Gasteiger partial charge in [0.05, 0.1) is 12.8 Å². The van der Waals surface area contributed by atoms with Gasteiger partial charge in [-0.15, -0.1) is 0 Å². The first-order valence-corrected chi connectivity index (χ1v) is 8.75. The van der Waals surface area contributed by atoms with Crippen LogP contribution in [0.5, 0.6) is 5.75 Å². The summed E-state index contributed by atoms with van der Waals surface area (Å²) in [7, 11) is 0. The molecule has 3 aromatic carbocycles. The Balaban J connectivity index is 1.50. The van der Waals surface area contributed by atoms with Gasteiger partial charge in [0.25, 0.3) is 0 Å². The fraction of sp³-hybridized carbons (Fsp3) is 0.136. The average Bonchev–Trinajstić information content (AvgIpc) is 2.72. The molecule has 4 nitrogen and oxygen atoms in total. The van der Waals surface area contributed by atoms with Crippen molar-refractivity contribution in [2.75, 3.05) is 0 Å². The van der Waals surface area contributed by atoms with E-state index in [0.717, 1.165) is 5.56 Å². The van der Waals surface area contributed by atoms with Crippen molar-refractivity contribution in [3.63, 3.8) is 0 Å². The zero-order valence-corrected chi connectivity index (χ0v) is 14.8. The van der Waals surface area contributed by atoms with Gasteiger partial charge in [0.1, 0.15) is 24.0 Å². The standard InChI is InChI=1S/C22H17F2NO3/c23-19-10-17-13-26-22(15-6-2-1-3-7-15)28-21(17)18(11-19)14-27-25-12-16-8-4-5-9-20(16)24/h1-12,22H,13-14H2/b25-12-/t22-/m0/s1. The molecule has 0 fully saturated rings. The third-order valence-corrected chi connectivity index (χ3v) is 4.29. The van der Waals surface area contributed by atoms with Crippen molar-refractivity contribution in [1.29, 1.82) is 0 Å². The summed E-state index contributed by atoms with van der Waals surface area (Å²) < 4.78 is 39.2. The third-order valence-electron chi connectivity index (χ3n) is 4.29. The van der Waals surface area contributed by atoms with Crippen LogP contribution in [0.15, 0.2) is 71.9 Å². The Kier molecular flexibility index (Phi) is 5.30. The first-order valence-electron chi connectivity index (χ1n) is 8.75. The molecule has 1 heterocycles. The van der Waals surface area contributed by atoms with E-state index in [-0.39, 0.29) is 13.2 Å². The highest BCUT2D eigenvalue weighted by atomic mass is 19.1. The van der Waals surface area contributed by atoms with Crippen molar-refractivity contribution in [3.05, 3.63) is 101 Å². The Morgan fingerprint density at radius 3 is 2.64 bits per heavy atom. The maximum Gasteiger partial charge on any atom is 0.227 e. The highest BCUT2D eigenvalue weighted by molar-refractivity contribution is 5.79. The van der Waals surface area contributed by atoms with Gasteiger partial charge < -0.3 is 14.3 Å². The maximum atomic E-state index is 13.9. The number of hydrogen-bond acceptors (Lipinski definition) is 4. The fourth-order valence-electron chi connectivity index (χ4n) is 2.94. The molecular formula is C22H17F2NO3. The summed E-state index contributed by atoms with van der Waals surface area (Å²) in [6.07, 6.45) is 0.692. The number of rotatable bonds is 5. The van der Waals surface area contributed by atoms with Crippen LogP contribution in [0.25, 0.3) is 0 Å². The van der Waals surface area contributed by atoms with Crippen LogP contribution in [-0.2, 0) is 22.8 Å². The molecule has 0 spiro atoms. The van der Waals surface area contributed by atoms with Gasteiger partial charge in [-0.1, -0.05) is 53.7 Å². The highest BCUT2D eigenvalue weighted by Gasteiger charge is 2.25. The predicted molar refractivity (Wildman–Crippen MR) is 99.8 cm³/mol. The average molecular weight is 381 g/mol. The van der Waals surface area contributed by atoms with E-state index >= 15 is 0 Å². The number of fused-ring (bicyclic) bond motifs is 1. The molecule has 0 unspecified atom stereocenters. The lowest BCUT2D eigenvalue weighted by molar-refractivity contribution is -0.112. The molecule has 0 aromatic heterocycles. The van der Waals surface area contributed by atoms with Crippen LogP contribution in [0.3, 0.4) is 0 Å². The van der Waals surface area contributed by atoms with E-state index in [4.69, 9.17) is 14.3 Å². The van der Waals surface area contributed by atoms with Crippen molar-refractivity contribution >= 4 is 6.21 Å². The lowest BCUT2D eigenvalue weighted by atomic mass is 10.1. The molecule has 1 aliphatic heterocycles. The van der Waals surface area contributed by atoms with Gasteiger partial charge in [0, 0.05) is 22.3 Å². The second-order valence-electron chi connectivity index (χ2n) is 6.25. The minimum atomic E-state index is -0.583. The van der Waals surface area contributed by atoms with Crippen LogP contribution in [0.4, 0.5) is 8.78 Å². The Labute approximate surface area is 161 Å². The van der Waals surface area contributed by atoms with E-state index in [1.54, 1.807) is 18.2 Å². The van der Waals surface area contributed by atoms with Crippen molar-refractivity contribution in [3.8, 4) is 5.75 Å². The largest absolute Gasteiger partial charge is 0.460 e. The van der Waals surface area contributed by atoms with Crippen LogP contribution < -0.4 is 4.74 Å². The van der Waals surface area contributed by atoms with E-state index in [2.05, 4.69) is 5.16 Å². The van der Waals surface area contributed by atoms with Crippen LogP contribution in [0, 0.1) is 11.6 Å². The lowest BCUT2D eigenvalue weighted by Crippen LogP contribution is -2.19. The summed E-state index contributed by atoms with van der Waals surface area (Å²) in [5.74, 6) is -0.299. The molecule has 142 valence electrons. The van der Waals surface area contributed by atoms with Crippen molar-refractivity contribution in [1.82, 2.24) is 0 Å². The van der Waals surface area contributed by atoms with Crippen LogP contribution in [0.2, 0.25) is 0 Å². The van der Waals surface area contributed by atoms with E-state index in [1.165, 1.54) is 24.4 Å². The Morgan fingerprint density at radius 1 is 1.04 bits per heavy atom. The molecule has 0 amide bonds. The second kappa shape index (κ2) is 8.19. The van der Waals surface area contributed by atoms with Crippen LogP contribution in [-0.4, -0.2) is 6.21 Å². The summed E-state index contributed by atoms with van der Waals surface area (Å²) in [5, 5.41) is 3.78. The fourth-order valence-corrected chi connectivity index (χ4v) is 2.94. The predicted octanol–water partition coefficient (Wildman–Crippen LogP) is 5.12. The Hall–Kier alpha value is -3.25. The summed E-state index contributed by atoms with van der Waals surface area (Å²) in [4.78, 5) is 5.26. The molecule has 0 bridgehead atoms. The van der Waals surface area contributed by atoms with Gasteiger partial charge in [-0.25, -0.2) is 8.78 Å². The maximum absolute atomic E-state index is 13.9. The minimum absolute atomic E-state index is 0.0213. The van der Waals surface area contributed by atoms with Gasteiger partial charge in [-0.2, -0.15) is 0 Å². The van der Waals surface area contributed by atoms with Gasteiger partial charge in [-0.3, -0.25) is 0 Å². The van der Waals surface area contributed by atoms with E-state index < -0.39 is 17.9 Å². The number of halogens is 2. The highest BCUT2D eigenvalue weighted by Crippen LogP contribution is 2.36. The number of benzene rings is 3. The first-order chi connectivity index (χ1) is 13.7. The summed E-state index contributed by atoms with van der Waals surface area (Å²) in [6.45, 7) is 0.199. The summed E-state index contributed by atoms with van der Waals surface area (Å²) in [5.41, 5.74) is 2.27. The van der Waals surface area contributed by atoms with Crippen molar-refractivity contribution in [2.24, 2.45) is 5.16 Å². The molecule has 0 radical (unpaired) electrons. The summed E-state index contributed by atoms with van der Waals surface area (Å²) >= 11 is 0. The lowest BCUT2D eigenvalue weighted by Gasteiger charge is -2.28. The van der Waals surface area contributed by atoms with E-state index in [1.807, 2.05) is 30.3 Å². The Morgan fingerprint density at radius 2 is 1.82 bits per heavy atom. The molecular weight excluding hydrogens is 364 g/mol. The molecule has 0 saturated heterocycles. The monoisotopic (exact) mass is 381 g/mol. The van der Waals surface area contributed by atoms with Crippen LogP contribution in [0.1, 0.15) is 28.5 Å². The number of oxime groups is 1. The second-order valence-corrected chi connectivity index (χ2v) is 6.25. The topological polar surface area (TPSA) is 40.0 Å². The third kappa shape index (κ3) is 4.02. The van der Waals surface area contributed by atoms with Gasteiger partial charge in [-0.05, 0) is 18.2 Å². The van der Waals surface area contributed by atoms with Gasteiger partial charge in [0.15, 0.2) is 0 Å². The van der Waals surface area contributed by atoms with Gasteiger partial charge >= 0.3 is 0 Å². The van der Waals surface area contributed by atoms with E-state index in [9.17, 15) is 8.78 Å². The normalized spacial score (nSPS) is 15.9. The van der Waals surface area contributed by atoms with Crippen LogP contribution >= 0.6 is 0 Å². The van der Waals surface area contributed by atoms with Crippen molar-refractivity contribution < 1.29 is 23.1 Å². The molecule has 28 heavy (non-hydrogen) atoms. The zero-order chi connectivity index (χ0) is 19.3. The van der Waals surface area contributed by atoms with E-state index in [0.29, 0.717) is 22.4 Å². The summed E-state index contributed by atoms with van der Waals surface area (Å²) in [6, 6.07) is 18.4. The number of nitrogens with zero attached hydrogens (tertiary/aromatic N) is 1. The molecule has 0 saturated carbocycles. The molecule has 4 rings (SSSR count). The first kappa shape index (κ1) is 18.1.